The van der Waals surface area contributed by atoms with Crippen molar-refractivity contribution >= 4 is 23.2 Å². The molecule has 0 saturated heterocycles. The van der Waals surface area contributed by atoms with Crippen molar-refractivity contribution in [2.75, 3.05) is 13.6 Å². The molecule has 3 atom stereocenters. The third-order valence-electron chi connectivity index (χ3n) is 7.13. The van der Waals surface area contributed by atoms with Crippen molar-refractivity contribution in [3.05, 3.63) is 67.7 Å². The highest BCUT2D eigenvalue weighted by Crippen LogP contribution is 2.58. The van der Waals surface area contributed by atoms with Gasteiger partial charge in [0.25, 0.3) is 0 Å². The summed E-state index contributed by atoms with van der Waals surface area (Å²) < 4.78 is 29.8. The van der Waals surface area contributed by atoms with E-state index >= 15 is 0 Å². The number of halogens is 2. The average Bonchev–Trinajstić information content (AvgIpc) is 2.81. The zero-order valence-electron chi connectivity index (χ0n) is 23.4. The highest BCUT2D eigenvalue weighted by atomic mass is 35.5. The Balaban J connectivity index is -0.0000000137. The predicted octanol–water partition coefficient (Wildman–Crippen LogP) is 14.9. The van der Waals surface area contributed by atoms with Gasteiger partial charge in [0.2, 0.25) is 0 Å². The Morgan fingerprint density at radius 3 is 2.46 bits per heavy atom. The fraction of sp³-hybridized carbons (Fsp3) is 0.520. The molecular weight excluding hydrogens is 385 g/mol. The monoisotopic (exact) mass is 481 g/mol. The Bertz CT molecular complexity index is 1010. The summed E-state index contributed by atoms with van der Waals surface area (Å²) in [6, 6.07) is 7.72. The summed E-state index contributed by atoms with van der Waals surface area (Å²) in [4.78, 5) is 2.19. The standard InChI is InChI=1S/C25H33Cl2N.29H2/c1-9-28(8)24-21-14(2)11-10-12-18(21)22(17(5)25(24,6)7)19-13-20(26)23(27)16(4)15(19)3;;;;;;;;;;;;;;;;;;;;;;;;;;;;;/h10-13,17,22,24H,9H2,1-8H3;29*1H/t17?,22-,24-;;;;;;;;;;;;;;;;;;;;;;;;;;;;;/m1............................./s1/i24D;2*1+1D;;;;;;;;;;;;;;;;;;;;;;;;;;;. The van der Waals surface area contributed by atoms with Gasteiger partial charge >= 0.3 is 0 Å². The van der Waals surface area contributed by atoms with Crippen molar-refractivity contribution in [3.8, 4) is 0 Å². The Hall–Kier alpha value is -1.02. The zero-order valence-corrected chi connectivity index (χ0v) is 19.9. The smallest absolute Gasteiger partial charge is 0.0624 e. The molecular formula is C25H91Cl2N. The molecule has 2 aromatic carbocycles. The van der Waals surface area contributed by atoms with Crippen LogP contribution in [-0.2, 0) is 0 Å². The van der Waals surface area contributed by atoms with Crippen LogP contribution >= 0.6 is 23.2 Å². The van der Waals surface area contributed by atoms with Crippen LogP contribution in [0.2, 0.25) is 10.0 Å². The maximum Gasteiger partial charge on any atom is 0.0624 e. The van der Waals surface area contributed by atoms with Crippen LogP contribution in [-0.4, -0.2) is 18.5 Å². The number of nitrogens with zero attached hydrogens (tertiary/aromatic N) is 1. The third kappa shape index (κ3) is 3.20. The number of hydrogen-bond acceptors (Lipinski definition) is 1. The molecule has 210 valence electrons. The van der Waals surface area contributed by atoms with Crippen LogP contribution < -0.4 is 0 Å². The van der Waals surface area contributed by atoms with Crippen molar-refractivity contribution in [1.82, 2.24) is 4.90 Å². The minimum Gasteiger partial charge on any atom is -0.299 e. The minimum absolute atomic E-state index is 0. The summed E-state index contributed by atoms with van der Waals surface area (Å²) in [6.45, 7) is 16.1. The summed E-state index contributed by atoms with van der Waals surface area (Å²) in [5, 5.41) is 1.25. The van der Waals surface area contributed by atoms with E-state index in [1.807, 2.05) is 6.92 Å². The van der Waals surface area contributed by atoms with Gasteiger partial charge in [-0.3, -0.25) is 4.90 Å². The van der Waals surface area contributed by atoms with E-state index in [9.17, 15) is 1.37 Å². The molecule has 28 heavy (non-hydrogen) atoms. The lowest BCUT2D eigenvalue weighted by Gasteiger charge is -2.53. The molecule has 0 radical (unpaired) electrons. The van der Waals surface area contributed by atoms with Crippen molar-refractivity contribution in [3.63, 3.8) is 0 Å². The molecule has 0 amide bonds. The van der Waals surface area contributed by atoms with Crippen LogP contribution in [0.5, 0.6) is 0 Å². The summed E-state index contributed by atoms with van der Waals surface area (Å²) in [6.07, 6.45) is 0. The number of benzene rings is 2. The molecule has 0 saturated carbocycles. The number of fused-ring (bicyclic) bond motifs is 1. The molecule has 3 heteroatoms. The van der Waals surface area contributed by atoms with Crippen LogP contribution in [0.15, 0.2) is 24.3 Å². The van der Waals surface area contributed by atoms with E-state index in [1.165, 1.54) is 22.3 Å². The molecule has 3 rings (SSSR count). The summed E-state index contributed by atoms with van der Waals surface area (Å²) >= 11 is 13.0. The fourth-order valence-electron chi connectivity index (χ4n) is 4.97. The van der Waals surface area contributed by atoms with Crippen LogP contribution in [0, 0.1) is 32.1 Å². The van der Waals surface area contributed by atoms with E-state index < -0.39 is 6.02 Å². The van der Waals surface area contributed by atoms with Crippen LogP contribution in [0.3, 0.4) is 0 Å². The lowest BCUT2D eigenvalue weighted by Crippen LogP contribution is -2.46. The number of rotatable bonds is 3. The van der Waals surface area contributed by atoms with Gasteiger partial charge in [-0.15, -0.1) is 0 Å². The molecule has 1 nitrogen and oxygen atoms in total. The zero-order chi connectivity index (χ0) is 25.9. The van der Waals surface area contributed by atoms with Crippen molar-refractivity contribution < 1.29 is 45.8 Å². The second-order valence-corrected chi connectivity index (χ2v) is 9.69. The minimum atomic E-state index is -0.808. The van der Waals surface area contributed by atoms with E-state index in [0.717, 1.165) is 17.7 Å². The lowest BCUT2D eigenvalue weighted by atomic mass is 9.57. The van der Waals surface area contributed by atoms with Crippen molar-refractivity contribution in [1.29, 1.82) is 0 Å². The van der Waals surface area contributed by atoms with Gasteiger partial charge < -0.3 is 0 Å². The molecule has 1 aliphatic rings. The molecule has 0 fully saturated rings. The topological polar surface area (TPSA) is 3.24 Å². The molecule has 0 bridgehead atoms. The highest BCUT2D eigenvalue weighted by molar-refractivity contribution is 6.42. The summed E-state index contributed by atoms with van der Waals surface area (Å²) in [5.74, 6) is 0.399. The second kappa shape index (κ2) is 7.67. The van der Waals surface area contributed by atoms with Crippen LogP contribution in [0.4, 0.5) is 0 Å². The van der Waals surface area contributed by atoms with Gasteiger partial charge in [0.1, 0.15) is 0 Å². The Morgan fingerprint density at radius 2 is 1.86 bits per heavy atom. The molecule has 0 aromatic heterocycles. The van der Waals surface area contributed by atoms with Crippen molar-refractivity contribution in [2.24, 2.45) is 11.3 Å². The largest absolute Gasteiger partial charge is 0.299 e. The average molecular weight is 482 g/mol. The maximum absolute atomic E-state index is 9.79. The normalized spacial score (nSPS) is 27.5. The SMILES string of the molecule is [2H][2H].[2H][2H].[2H][C@@]1(N(C)CC)c2c(C)cccc2[C@H](c2cc(Cl)c(Cl)c(C)c2C)C(C)C1(C)C.[HH].[HH].[HH].[HH].[HH].[HH].[HH].[HH].[HH].[HH].[HH].[HH].[HH].[HH].[HH].[HH].[HH].[HH].[HH].[HH].[HH].[HH].[HH].[HH].[HH].[HH].[HH]. The summed E-state index contributed by atoms with van der Waals surface area (Å²) in [5.41, 5.74) is 6.74. The van der Waals surface area contributed by atoms with Crippen molar-refractivity contribution in [2.45, 2.75) is 60.4 Å². The molecule has 0 aliphatic heterocycles. The fourth-order valence-corrected chi connectivity index (χ4v) is 5.42. The lowest BCUT2D eigenvalue weighted by molar-refractivity contribution is 0.0444. The van der Waals surface area contributed by atoms with Gasteiger partial charge in [0.05, 0.1) is 11.4 Å². The first kappa shape index (κ1) is 17.8. The number of hydrogen-bond donors (Lipinski definition) is 0. The Morgan fingerprint density at radius 1 is 1.21 bits per heavy atom. The van der Waals surface area contributed by atoms with Crippen LogP contribution in [0.1, 0.15) is 119 Å². The quantitative estimate of drug-likeness (QED) is 0.421. The van der Waals surface area contributed by atoms with E-state index in [-0.39, 0.29) is 55.8 Å². The first-order chi connectivity index (χ1) is 15.4. The van der Waals surface area contributed by atoms with Gasteiger partial charge in [-0.2, -0.15) is 0 Å². The highest BCUT2D eigenvalue weighted by Gasteiger charge is 2.48. The predicted molar refractivity (Wildman–Crippen MR) is 184 cm³/mol. The first-order valence-corrected chi connectivity index (χ1v) is 10.9. The van der Waals surface area contributed by atoms with Gasteiger partial charge in [-0.05, 0) is 85.1 Å². The maximum atomic E-state index is 9.79. The Kier molecular flexibility index (Phi) is 4.88. The molecule has 1 unspecified atom stereocenters. The third-order valence-corrected chi connectivity index (χ3v) is 8.02. The van der Waals surface area contributed by atoms with Gasteiger partial charge in [0.15, 0.2) is 0 Å². The molecule has 0 heterocycles. The van der Waals surface area contributed by atoms with Gasteiger partial charge in [-0.25, -0.2) is 0 Å². The van der Waals surface area contributed by atoms with Gasteiger partial charge in [-0.1, -0.05) is 69.1 Å². The Labute approximate surface area is 228 Å². The molecule has 1 aliphatic carbocycles. The molecule has 2 aromatic rings. The number of aryl methyl sites for hydroxylation is 1. The van der Waals surface area contributed by atoms with E-state index in [0.29, 0.717) is 10.0 Å². The van der Waals surface area contributed by atoms with E-state index in [1.54, 1.807) is 0 Å². The first-order valence-electron chi connectivity index (χ1n) is 12.7. The molecule has 0 spiro atoms. The molecule has 0 N–H and O–H groups in total. The van der Waals surface area contributed by atoms with E-state index in [2.05, 4.69) is 77.8 Å². The van der Waals surface area contributed by atoms with Crippen LogP contribution in [0.25, 0.3) is 0 Å². The summed E-state index contributed by atoms with van der Waals surface area (Å²) in [7, 11) is 2.08. The van der Waals surface area contributed by atoms with E-state index in [4.69, 9.17) is 29.1 Å². The second-order valence-electron chi connectivity index (χ2n) is 8.90. The van der Waals surface area contributed by atoms with Gasteiger partial charge in [0, 0.05) is 56.4 Å².